The number of hydrogen-bond acceptors (Lipinski definition) is 5. The molecule has 2 rings (SSSR count). The molecule has 0 atom stereocenters. The van der Waals surface area contributed by atoms with Gasteiger partial charge in [0, 0.05) is 17.3 Å². The van der Waals surface area contributed by atoms with Gasteiger partial charge < -0.3 is 14.8 Å². The fourth-order valence-electron chi connectivity index (χ4n) is 2.18. The molecule has 2 amide bonds. The number of carbonyl (C=O) groups excluding carboxylic acids is 2. The molecule has 8 heteroatoms. The molecule has 0 aromatic heterocycles. The Labute approximate surface area is 168 Å². The summed E-state index contributed by atoms with van der Waals surface area (Å²) in [6, 6.07) is 14.3. The van der Waals surface area contributed by atoms with Crippen molar-refractivity contribution >= 4 is 29.3 Å². The highest BCUT2D eigenvalue weighted by atomic mass is 35.5. The Kier molecular flexibility index (Phi) is 8.30. The number of amides is 2. The molecule has 0 saturated carbocycles. The maximum Gasteiger partial charge on any atom is 0.428 e. The second-order valence-electron chi connectivity index (χ2n) is 5.96. The Morgan fingerprint density at radius 2 is 1.68 bits per heavy atom. The van der Waals surface area contributed by atoms with Gasteiger partial charge in [0.1, 0.15) is 12.4 Å². The molecule has 2 aromatic rings. The summed E-state index contributed by atoms with van der Waals surface area (Å²) in [5, 5.41) is 7.28. The van der Waals surface area contributed by atoms with Crippen LogP contribution >= 0.6 is 11.6 Å². The second kappa shape index (κ2) is 10.9. The summed E-state index contributed by atoms with van der Waals surface area (Å²) in [4.78, 5) is 23.6. The molecule has 0 aliphatic rings. The van der Waals surface area contributed by atoms with Crippen molar-refractivity contribution in [2.45, 2.75) is 26.5 Å². The molecule has 0 unspecified atom stereocenters. The van der Waals surface area contributed by atoms with E-state index in [1.54, 1.807) is 50.4 Å². The van der Waals surface area contributed by atoms with E-state index in [0.717, 1.165) is 16.9 Å². The first-order valence-electron chi connectivity index (χ1n) is 8.56. The van der Waals surface area contributed by atoms with Gasteiger partial charge in [-0.05, 0) is 42.3 Å². The topological polar surface area (TPSA) is 89.0 Å². The fourth-order valence-corrected chi connectivity index (χ4v) is 2.31. The molecule has 0 bridgehead atoms. The van der Waals surface area contributed by atoms with Crippen LogP contribution in [0.3, 0.4) is 0 Å². The largest absolute Gasteiger partial charge is 0.497 e. The van der Waals surface area contributed by atoms with Gasteiger partial charge in [-0.15, -0.1) is 0 Å². The molecule has 0 heterocycles. The Bertz CT molecular complexity index is 820. The summed E-state index contributed by atoms with van der Waals surface area (Å²) < 4.78 is 10.1. The normalized spacial score (nSPS) is 10.9. The van der Waals surface area contributed by atoms with Crippen LogP contribution in [-0.2, 0) is 22.7 Å². The molecule has 0 saturated heterocycles. The number of benzene rings is 2. The first kappa shape index (κ1) is 21.2. The molecule has 2 N–H and O–H groups in total. The number of nitrogens with one attached hydrogen (secondary N) is 2. The molecule has 0 aliphatic carbocycles. The van der Waals surface area contributed by atoms with Crippen LogP contribution in [0, 0.1) is 0 Å². The lowest BCUT2D eigenvalue weighted by Gasteiger charge is -2.07. The molecule has 0 aliphatic heterocycles. The third kappa shape index (κ3) is 7.67. The Morgan fingerprint density at radius 3 is 2.32 bits per heavy atom. The highest BCUT2D eigenvalue weighted by molar-refractivity contribution is 6.30. The summed E-state index contributed by atoms with van der Waals surface area (Å²) in [6.07, 6.45) is -0.636. The van der Waals surface area contributed by atoms with E-state index in [1.165, 1.54) is 0 Å². The van der Waals surface area contributed by atoms with Crippen LogP contribution in [0.15, 0.2) is 53.6 Å². The predicted octanol–water partition coefficient (Wildman–Crippen LogP) is 3.66. The van der Waals surface area contributed by atoms with Crippen molar-refractivity contribution in [3.05, 3.63) is 64.7 Å². The maximum atomic E-state index is 11.9. The summed E-state index contributed by atoms with van der Waals surface area (Å²) in [5.74, 6) is 0.521. The summed E-state index contributed by atoms with van der Waals surface area (Å²) >= 11 is 5.82. The summed E-state index contributed by atoms with van der Waals surface area (Å²) in [5.41, 5.74) is 4.48. The Hall–Kier alpha value is -3.06. The van der Waals surface area contributed by atoms with Crippen molar-refractivity contribution in [2.75, 3.05) is 7.11 Å². The standard InChI is InChI=1S/C20H22ClN3O4/c1-14(11-19(25)22-12-15-3-7-17(21)8-4-15)23-24-20(26)28-13-16-5-9-18(27-2)10-6-16/h3-10H,11-13H2,1-2H3,(H,22,25)(H,24,26)/b23-14+. The van der Waals surface area contributed by atoms with Crippen LogP contribution in [-0.4, -0.2) is 24.8 Å². The molecule has 7 nitrogen and oxygen atoms in total. The van der Waals surface area contributed by atoms with E-state index < -0.39 is 6.09 Å². The third-order valence-electron chi connectivity index (χ3n) is 3.69. The Morgan fingerprint density at radius 1 is 1.04 bits per heavy atom. The average molecular weight is 404 g/mol. The van der Waals surface area contributed by atoms with Crippen molar-refractivity contribution in [1.82, 2.24) is 10.7 Å². The lowest BCUT2D eigenvalue weighted by Crippen LogP contribution is -2.26. The van der Waals surface area contributed by atoms with Crippen molar-refractivity contribution in [3.63, 3.8) is 0 Å². The fraction of sp³-hybridized carbons (Fsp3) is 0.250. The summed E-state index contributed by atoms with van der Waals surface area (Å²) in [7, 11) is 1.58. The number of hydrazone groups is 1. The SMILES string of the molecule is COc1ccc(COC(=O)N/N=C(\C)CC(=O)NCc2ccc(Cl)cc2)cc1. The van der Waals surface area contributed by atoms with Gasteiger partial charge in [-0.1, -0.05) is 35.9 Å². The van der Waals surface area contributed by atoms with Crippen LogP contribution in [0.25, 0.3) is 0 Å². The predicted molar refractivity (Wildman–Crippen MR) is 107 cm³/mol. The molecule has 28 heavy (non-hydrogen) atoms. The number of halogens is 1. The third-order valence-corrected chi connectivity index (χ3v) is 3.94. The minimum absolute atomic E-state index is 0.0619. The average Bonchev–Trinajstić information content (AvgIpc) is 2.70. The molecule has 0 fully saturated rings. The van der Waals surface area contributed by atoms with Crippen molar-refractivity contribution < 1.29 is 19.1 Å². The van der Waals surface area contributed by atoms with Gasteiger partial charge in [0.25, 0.3) is 0 Å². The van der Waals surface area contributed by atoms with Crippen molar-refractivity contribution in [1.29, 1.82) is 0 Å². The van der Waals surface area contributed by atoms with E-state index in [-0.39, 0.29) is 18.9 Å². The van der Waals surface area contributed by atoms with Gasteiger partial charge in [0.2, 0.25) is 5.91 Å². The van der Waals surface area contributed by atoms with Crippen molar-refractivity contribution in [3.8, 4) is 5.75 Å². The molecular weight excluding hydrogens is 382 g/mol. The van der Waals surface area contributed by atoms with E-state index in [2.05, 4.69) is 15.8 Å². The molecule has 0 spiro atoms. The molecular formula is C20H22ClN3O4. The van der Waals surface area contributed by atoms with Gasteiger partial charge in [-0.3, -0.25) is 4.79 Å². The van der Waals surface area contributed by atoms with E-state index in [1.807, 2.05) is 12.1 Å². The zero-order valence-corrected chi connectivity index (χ0v) is 16.5. The summed E-state index contributed by atoms with van der Waals surface area (Å²) in [6.45, 7) is 2.14. The monoisotopic (exact) mass is 403 g/mol. The van der Waals surface area contributed by atoms with Crippen LogP contribution in [0.2, 0.25) is 5.02 Å². The van der Waals surface area contributed by atoms with Crippen LogP contribution < -0.4 is 15.5 Å². The maximum absolute atomic E-state index is 11.9. The van der Waals surface area contributed by atoms with Crippen LogP contribution in [0.5, 0.6) is 5.75 Å². The van der Waals surface area contributed by atoms with Crippen LogP contribution in [0.1, 0.15) is 24.5 Å². The first-order valence-corrected chi connectivity index (χ1v) is 8.94. The van der Waals surface area contributed by atoms with Gasteiger partial charge in [-0.2, -0.15) is 5.10 Å². The van der Waals surface area contributed by atoms with E-state index in [9.17, 15) is 9.59 Å². The lowest BCUT2D eigenvalue weighted by molar-refractivity contribution is -0.120. The highest BCUT2D eigenvalue weighted by Gasteiger charge is 2.06. The van der Waals surface area contributed by atoms with Gasteiger partial charge in [0.15, 0.2) is 0 Å². The molecule has 148 valence electrons. The van der Waals surface area contributed by atoms with Gasteiger partial charge in [-0.25, -0.2) is 10.2 Å². The zero-order valence-electron chi connectivity index (χ0n) is 15.7. The van der Waals surface area contributed by atoms with Crippen molar-refractivity contribution in [2.24, 2.45) is 5.10 Å². The smallest absolute Gasteiger partial charge is 0.428 e. The zero-order chi connectivity index (χ0) is 20.4. The van der Waals surface area contributed by atoms with E-state index >= 15 is 0 Å². The van der Waals surface area contributed by atoms with E-state index in [0.29, 0.717) is 17.3 Å². The van der Waals surface area contributed by atoms with E-state index in [4.69, 9.17) is 21.1 Å². The minimum atomic E-state index is -0.697. The lowest BCUT2D eigenvalue weighted by atomic mass is 10.2. The number of nitrogens with zero attached hydrogens (tertiary/aromatic N) is 1. The Balaban J connectivity index is 1.69. The minimum Gasteiger partial charge on any atom is -0.497 e. The second-order valence-corrected chi connectivity index (χ2v) is 6.40. The highest BCUT2D eigenvalue weighted by Crippen LogP contribution is 2.12. The molecule has 0 radical (unpaired) electrons. The number of rotatable bonds is 8. The molecule has 2 aromatic carbocycles. The van der Waals surface area contributed by atoms with Crippen LogP contribution in [0.4, 0.5) is 4.79 Å². The quantitative estimate of drug-likeness (QED) is 0.520. The number of methoxy groups -OCH3 is 1. The van der Waals surface area contributed by atoms with Gasteiger partial charge in [0.05, 0.1) is 13.5 Å². The number of hydrogen-bond donors (Lipinski definition) is 2. The number of carbonyl (C=O) groups is 2. The van der Waals surface area contributed by atoms with Gasteiger partial charge >= 0.3 is 6.09 Å². The number of ether oxygens (including phenoxy) is 2. The first-order chi connectivity index (χ1) is 13.5.